The average Bonchev–Trinajstić information content (AvgIpc) is 2.54. The molecule has 1 heterocycles. The Balaban J connectivity index is 2.02. The van der Waals surface area contributed by atoms with Gasteiger partial charge >= 0.3 is 0 Å². The van der Waals surface area contributed by atoms with E-state index in [2.05, 4.69) is 24.1 Å². The molecule has 0 unspecified atom stereocenters. The van der Waals surface area contributed by atoms with Gasteiger partial charge in [0.1, 0.15) is 0 Å². The van der Waals surface area contributed by atoms with E-state index >= 15 is 0 Å². The standard InChI is InChI=1S/C17H26N2O3/c1-12(2)19-9-5-6-14(11-19)18-17(20)13-7-8-15(21-3)16(10-13)22-4/h7-8,10,12,14H,5-6,9,11H2,1-4H3,(H,18,20)/t14-/m1/s1. The molecule has 1 N–H and O–H groups in total. The highest BCUT2D eigenvalue weighted by Crippen LogP contribution is 2.27. The number of carbonyl (C=O) groups excluding carboxylic acids is 1. The minimum atomic E-state index is -0.0587. The Bertz CT molecular complexity index is 517. The Morgan fingerprint density at radius 1 is 1.27 bits per heavy atom. The van der Waals surface area contributed by atoms with E-state index in [1.165, 1.54) is 0 Å². The van der Waals surface area contributed by atoms with Crippen LogP contribution in [0.4, 0.5) is 0 Å². The number of nitrogens with one attached hydrogen (secondary N) is 1. The molecule has 0 spiro atoms. The predicted octanol–water partition coefficient (Wildman–Crippen LogP) is 2.31. The van der Waals surface area contributed by atoms with Gasteiger partial charge in [-0.05, 0) is 51.4 Å². The molecule has 1 fully saturated rings. The zero-order chi connectivity index (χ0) is 16.1. The minimum Gasteiger partial charge on any atom is -0.493 e. The number of benzene rings is 1. The molecule has 1 aliphatic rings. The summed E-state index contributed by atoms with van der Waals surface area (Å²) in [6.45, 7) is 6.41. The molecule has 0 radical (unpaired) electrons. The van der Waals surface area contributed by atoms with Crippen molar-refractivity contribution in [3.05, 3.63) is 23.8 Å². The molecule has 1 saturated heterocycles. The maximum Gasteiger partial charge on any atom is 0.251 e. The van der Waals surface area contributed by atoms with Gasteiger partial charge in [0.05, 0.1) is 14.2 Å². The smallest absolute Gasteiger partial charge is 0.251 e. The second-order valence-corrected chi connectivity index (χ2v) is 5.97. The number of piperidine rings is 1. The first-order chi connectivity index (χ1) is 10.5. The molecular formula is C17H26N2O3. The Kier molecular flexibility index (Phi) is 5.66. The molecule has 5 heteroatoms. The minimum absolute atomic E-state index is 0.0587. The Morgan fingerprint density at radius 2 is 2.00 bits per heavy atom. The fourth-order valence-electron chi connectivity index (χ4n) is 2.84. The summed E-state index contributed by atoms with van der Waals surface area (Å²) >= 11 is 0. The van der Waals surface area contributed by atoms with Gasteiger partial charge in [-0.25, -0.2) is 0 Å². The fraction of sp³-hybridized carbons (Fsp3) is 0.588. The van der Waals surface area contributed by atoms with E-state index < -0.39 is 0 Å². The van der Waals surface area contributed by atoms with Crippen LogP contribution in [-0.4, -0.2) is 50.2 Å². The van der Waals surface area contributed by atoms with Crippen molar-refractivity contribution in [1.29, 1.82) is 0 Å². The SMILES string of the molecule is COc1ccc(C(=O)N[C@@H]2CCCN(C(C)C)C2)cc1OC. The summed E-state index contributed by atoms with van der Waals surface area (Å²) in [6.07, 6.45) is 2.15. The molecule has 1 aliphatic heterocycles. The van der Waals surface area contributed by atoms with Crippen molar-refractivity contribution < 1.29 is 14.3 Å². The molecule has 0 aliphatic carbocycles. The van der Waals surface area contributed by atoms with Gasteiger partial charge in [-0.3, -0.25) is 9.69 Å². The van der Waals surface area contributed by atoms with Crippen LogP contribution in [0.5, 0.6) is 11.5 Å². The Morgan fingerprint density at radius 3 is 2.64 bits per heavy atom. The highest BCUT2D eigenvalue weighted by molar-refractivity contribution is 5.95. The molecule has 2 rings (SSSR count). The van der Waals surface area contributed by atoms with Crippen molar-refractivity contribution in [2.24, 2.45) is 0 Å². The Hall–Kier alpha value is -1.75. The molecule has 0 aromatic heterocycles. The van der Waals surface area contributed by atoms with Crippen LogP contribution < -0.4 is 14.8 Å². The van der Waals surface area contributed by atoms with Crippen LogP contribution in [0.2, 0.25) is 0 Å². The number of ether oxygens (including phenoxy) is 2. The van der Waals surface area contributed by atoms with Crippen molar-refractivity contribution in [3.63, 3.8) is 0 Å². The number of likely N-dealkylation sites (tertiary alicyclic amines) is 1. The van der Waals surface area contributed by atoms with Crippen LogP contribution in [0.15, 0.2) is 18.2 Å². The quantitative estimate of drug-likeness (QED) is 0.907. The van der Waals surface area contributed by atoms with Gasteiger partial charge < -0.3 is 14.8 Å². The molecule has 0 bridgehead atoms. The summed E-state index contributed by atoms with van der Waals surface area (Å²) < 4.78 is 10.5. The largest absolute Gasteiger partial charge is 0.493 e. The van der Waals surface area contributed by atoms with Gasteiger partial charge in [-0.1, -0.05) is 0 Å². The molecule has 1 aromatic carbocycles. The van der Waals surface area contributed by atoms with Gasteiger partial charge in [0.2, 0.25) is 0 Å². The topological polar surface area (TPSA) is 50.8 Å². The third-order valence-electron chi connectivity index (χ3n) is 4.16. The lowest BCUT2D eigenvalue weighted by molar-refractivity contribution is 0.0886. The molecule has 22 heavy (non-hydrogen) atoms. The summed E-state index contributed by atoms with van der Waals surface area (Å²) in [7, 11) is 3.15. The third-order valence-corrected chi connectivity index (χ3v) is 4.16. The van der Waals surface area contributed by atoms with Gasteiger partial charge in [-0.2, -0.15) is 0 Å². The zero-order valence-corrected chi connectivity index (χ0v) is 13.9. The monoisotopic (exact) mass is 306 g/mol. The number of carbonyl (C=O) groups is 1. The van der Waals surface area contributed by atoms with Crippen LogP contribution >= 0.6 is 0 Å². The second-order valence-electron chi connectivity index (χ2n) is 5.97. The fourth-order valence-corrected chi connectivity index (χ4v) is 2.84. The molecule has 1 amide bonds. The molecule has 0 saturated carbocycles. The molecule has 5 nitrogen and oxygen atoms in total. The maximum atomic E-state index is 12.4. The summed E-state index contributed by atoms with van der Waals surface area (Å²) in [5.41, 5.74) is 0.597. The second kappa shape index (κ2) is 7.49. The maximum absolute atomic E-state index is 12.4. The highest BCUT2D eigenvalue weighted by Gasteiger charge is 2.23. The van der Waals surface area contributed by atoms with Crippen LogP contribution in [0.1, 0.15) is 37.0 Å². The van der Waals surface area contributed by atoms with Crippen molar-refractivity contribution in [2.75, 3.05) is 27.3 Å². The number of rotatable bonds is 5. The zero-order valence-electron chi connectivity index (χ0n) is 13.9. The summed E-state index contributed by atoms with van der Waals surface area (Å²) in [5.74, 6) is 1.14. The van der Waals surface area contributed by atoms with E-state index in [0.717, 1.165) is 25.9 Å². The van der Waals surface area contributed by atoms with Crippen LogP contribution in [0.3, 0.4) is 0 Å². The van der Waals surface area contributed by atoms with Crippen molar-refractivity contribution in [3.8, 4) is 11.5 Å². The average molecular weight is 306 g/mol. The number of hydrogen-bond donors (Lipinski definition) is 1. The first kappa shape index (κ1) is 16.6. The van der Waals surface area contributed by atoms with Crippen LogP contribution in [0, 0.1) is 0 Å². The molecular weight excluding hydrogens is 280 g/mol. The number of methoxy groups -OCH3 is 2. The summed E-state index contributed by atoms with van der Waals surface area (Å²) in [5, 5.41) is 3.13. The van der Waals surface area contributed by atoms with E-state index in [0.29, 0.717) is 23.1 Å². The van der Waals surface area contributed by atoms with Crippen molar-refractivity contribution in [2.45, 2.75) is 38.8 Å². The Labute approximate surface area is 132 Å². The van der Waals surface area contributed by atoms with Gasteiger partial charge in [0, 0.05) is 24.2 Å². The normalized spacial score (nSPS) is 19.0. The summed E-state index contributed by atoms with van der Waals surface area (Å²) in [6, 6.07) is 5.96. The molecule has 1 atom stereocenters. The van der Waals surface area contributed by atoms with E-state index in [4.69, 9.17) is 9.47 Å². The van der Waals surface area contributed by atoms with Gasteiger partial charge in [-0.15, -0.1) is 0 Å². The third kappa shape index (κ3) is 3.91. The van der Waals surface area contributed by atoms with Crippen molar-refractivity contribution in [1.82, 2.24) is 10.2 Å². The van der Waals surface area contributed by atoms with E-state index in [-0.39, 0.29) is 11.9 Å². The van der Waals surface area contributed by atoms with Crippen LogP contribution in [-0.2, 0) is 0 Å². The number of hydrogen-bond acceptors (Lipinski definition) is 4. The lowest BCUT2D eigenvalue weighted by Crippen LogP contribution is -2.49. The van der Waals surface area contributed by atoms with Crippen LogP contribution in [0.25, 0.3) is 0 Å². The van der Waals surface area contributed by atoms with E-state index in [1.807, 2.05) is 0 Å². The van der Waals surface area contributed by atoms with Gasteiger partial charge in [0.25, 0.3) is 5.91 Å². The van der Waals surface area contributed by atoms with E-state index in [1.54, 1.807) is 32.4 Å². The molecule has 122 valence electrons. The number of nitrogens with zero attached hydrogens (tertiary/aromatic N) is 1. The predicted molar refractivity (Wildman–Crippen MR) is 86.7 cm³/mol. The first-order valence-electron chi connectivity index (χ1n) is 7.82. The van der Waals surface area contributed by atoms with E-state index in [9.17, 15) is 4.79 Å². The first-order valence-corrected chi connectivity index (χ1v) is 7.82. The lowest BCUT2D eigenvalue weighted by atomic mass is 10.0. The number of amides is 1. The van der Waals surface area contributed by atoms with Crippen molar-refractivity contribution >= 4 is 5.91 Å². The lowest BCUT2D eigenvalue weighted by Gasteiger charge is -2.35. The molecule has 1 aromatic rings. The highest BCUT2D eigenvalue weighted by atomic mass is 16.5. The van der Waals surface area contributed by atoms with Gasteiger partial charge in [0.15, 0.2) is 11.5 Å². The summed E-state index contributed by atoms with van der Waals surface area (Å²) in [4.78, 5) is 14.8.